The number of nitrogens with zero attached hydrogens (tertiary/aromatic N) is 1. The van der Waals surface area contributed by atoms with E-state index >= 15 is 0 Å². The molecule has 2 nitrogen and oxygen atoms in total. The van der Waals surface area contributed by atoms with E-state index in [4.69, 9.17) is 11.6 Å². The van der Waals surface area contributed by atoms with Crippen molar-refractivity contribution in [3.05, 3.63) is 64.2 Å². The first kappa shape index (κ1) is 14.9. The topological polar surface area (TPSA) is 23.5 Å². The van der Waals surface area contributed by atoms with Crippen LogP contribution in [0.2, 0.25) is 5.02 Å². The Hall–Kier alpha value is -1.51. The monoisotopic (exact) mass is 289 g/mol. The van der Waals surface area contributed by atoms with Crippen molar-refractivity contribution < 1.29 is 5.11 Å². The molecule has 0 amide bonds. The molecule has 0 bridgehead atoms. The Balaban J connectivity index is 2.26. The lowest BCUT2D eigenvalue weighted by molar-refractivity contribution is 0.282. The third-order valence-electron chi connectivity index (χ3n) is 3.76. The van der Waals surface area contributed by atoms with E-state index in [2.05, 4.69) is 44.0 Å². The van der Waals surface area contributed by atoms with E-state index in [1.165, 1.54) is 16.8 Å². The molecule has 1 N–H and O–H groups in total. The summed E-state index contributed by atoms with van der Waals surface area (Å²) in [6.45, 7) is 4.32. The molecule has 2 aromatic rings. The van der Waals surface area contributed by atoms with Crippen molar-refractivity contribution in [2.24, 2.45) is 0 Å². The number of aryl methyl sites for hydroxylation is 1. The zero-order valence-corrected chi connectivity index (χ0v) is 12.9. The molecule has 1 atom stereocenters. The highest BCUT2D eigenvalue weighted by molar-refractivity contribution is 6.30. The van der Waals surface area contributed by atoms with Gasteiger partial charge < -0.3 is 10.0 Å². The quantitative estimate of drug-likeness (QED) is 0.905. The van der Waals surface area contributed by atoms with E-state index in [0.29, 0.717) is 0 Å². The molecule has 0 saturated heterocycles. The van der Waals surface area contributed by atoms with Crippen LogP contribution < -0.4 is 4.90 Å². The van der Waals surface area contributed by atoms with Crippen LogP contribution in [0.4, 0.5) is 5.69 Å². The minimum absolute atomic E-state index is 0.0809. The number of rotatable bonds is 4. The summed E-state index contributed by atoms with van der Waals surface area (Å²) in [5.74, 6) is 0. The van der Waals surface area contributed by atoms with E-state index < -0.39 is 0 Å². The molecule has 2 rings (SSSR count). The first-order valence-corrected chi connectivity index (χ1v) is 7.09. The first-order valence-electron chi connectivity index (χ1n) is 6.71. The standard InChI is InChI=1S/C17H20ClNO/c1-12-10-14(11-20)4-9-17(12)19(3)13(2)15-5-7-16(18)8-6-15/h4-10,13,20H,11H2,1-3H3. The largest absolute Gasteiger partial charge is 0.392 e. The first-order chi connectivity index (χ1) is 9.52. The lowest BCUT2D eigenvalue weighted by Gasteiger charge is -2.29. The molecule has 3 heteroatoms. The Morgan fingerprint density at radius 2 is 1.80 bits per heavy atom. The summed E-state index contributed by atoms with van der Waals surface area (Å²) >= 11 is 5.93. The number of hydrogen-bond donors (Lipinski definition) is 1. The molecule has 20 heavy (non-hydrogen) atoms. The van der Waals surface area contributed by atoms with Crippen LogP contribution in [-0.2, 0) is 6.61 Å². The zero-order valence-electron chi connectivity index (χ0n) is 12.1. The van der Waals surface area contributed by atoms with Crippen molar-refractivity contribution >= 4 is 17.3 Å². The van der Waals surface area contributed by atoms with E-state index in [1.54, 1.807) is 0 Å². The predicted molar refractivity (Wildman–Crippen MR) is 85.4 cm³/mol. The van der Waals surface area contributed by atoms with Gasteiger partial charge in [0.15, 0.2) is 0 Å². The molecular formula is C17H20ClNO. The van der Waals surface area contributed by atoms with Crippen molar-refractivity contribution in [1.82, 2.24) is 0 Å². The molecule has 0 radical (unpaired) electrons. The molecule has 0 spiro atoms. The lowest BCUT2D eigenvalue weighted by atomic mass is 10.0. The summed E-state index contributed by atoms with van der Waals surface area (Å²) in [5, 5.41) is 9.94. The van der Waals surface area contributed by atoms with Crippen LogP contribution in [0.5, 0.6) is 0 Å². The molecule has 0 saturated carbocycles. The Morgan fingerprint density at radius 1 is 1.15 bits per heavy atom. The fourth-order valence-electron chi connectivity index (χ4n) is 2.39. The van der Waals surface area contributed by atoms with Crippen molar-refractivity contribution in [3.63, 3.8) is 0 Å². The number of halogens is 1. The van der Waals surface area contributed by atoms with E-state index in [0.717, 1.165) is 10.6 Å². The highest BCUT2D eigenvalue weighted by Gasteiger charge is 2.14. The van der Waals surface area contributed by atoms with Crippen LogP contribution in [0, 0.1) is 6.92 Å². The molecule has 2 aromatic carbocycles. The average Bonchev–Trinajstić information content (AvgIpc) is 2.46. The summed E-state index contributed by atoms with van der Waals surface area (Å²) in [5.41, 5.74) is 4.51. The minimum atomic E-state index is 0.0809. The summed E-state index contributed by atoms with van der Waals surface area (Å²) < 4.78 is 0. The van der Waals surface area contributed by atoms with Crippen molar-refractivity contribution in [3.8, 4) is 0 Å². The van der Waals surface area contributed by atoms with Gasteiger partial charge in [0.1, 0.15) is 0 Å². The number of hydrogen-bond acceptors (Lipinski definition) is 2. The second-order valence-corrected chi connectivity index (χ2v) is 5.55. The Morgan fingerprint density at radius 3 is 2.35 bits per heavy atom. The normalized spacial score (nSPS) is 12.2. The van der Waals surface area contributed by atoms with Gasteiger partial charge in [0.25, 0.3) is 0 Å². The van der Waals surface area contributed by atoms with E-state index in [9.17, 15) is 5.11 Å². The van der Waals surface area contributed by atoms with Crippen LogP contribution in [0.25, 0.3) is 0 Å². The van der Waals surface area contributed by atoms with Gasteiger partial charge in [-0.3, -0.25) is 0 Å². The Bertz CT molecular complexity index is 580. The average molecular weight is 290 g/mol. The van der Waals surface area contributed by atoms with Gasteiger partial charge in [-0.1, -0.05) is 35.9 Å². The summed E-state index contributed by atoms with van der Waals surface area (Å²) in [7, 11) is 2.08. The molecule has 0 aliphatic heterocycles. The maximum absolute atomic E-state index is 9.18. The Labute approximate surface area is 125 Å². The smallest absolute Gasteiger partial charge is 0.0681 e. The number of aliphatic hydroxyl groups excluding tert-OH is 1. The van der Waals surface area contributed by atoms with Gasteiger partial charge in [-0.15, -0.1) is 0 Å². The summed E-state index contributed by atoms with van der Waals surface area (Å²) in [4.78, 5) is 2.24. The van der Waals surface area contributed by atoms with Gasteiger partial charge in [-0.25, -0.2) is 0 Å². The number of aliphatic hydroxyl groups is 1. The molecule has 0 fully saturated rings. The van der Waals surface area contributed by atoms with Gasteiger partial charge in [0.2, 0.25) is 0 Å². The van der Waals surface area contributed by atoms with Gasteiger partial charge in [0.05, 0.1) is 12.6 Å². The van der Waals surface area contributed by atoms with Gasteiger partial charge >= 0.3 is 0 Å². The zero-order chi connectivity index (χ0) is 14.7. The number of anilines is 1. The van der Waals surface area contributed by atoms with Gasteiger partial charge in [0, 0.05) is 17.8 Å². The second kappa shape index (κ2) is 6.29. The highest BCUT2D eigenvalue weighted by Crippen LogP contribution is 2.29. The maximum atomic E-state index is 9.18. The number of benzene rings is 2. The minimum Gasteiger partial charge on any atom is -0.392 e. The van der Waals surface area contributed by atoms with Crippen LogP contribution in [0.15, 0.2) is 42.5 Å². The van der Waals surface area contributed by atoms with Crippen LogP contribution in [0.1, 0.15) is 29.7 Å². The fraction of sp³-hybridized carbons (Fsp3) is 0.294. The van der Waals surface area contributed by atoms with E-state index in [-0.39, 0.29) is 12.6 Å². The molecule has 0 heterocycles. The van der Waals surface area contributed by atoms with Crippen LogP contribution in [0.3, 0.4) is 0 Å². The molecule has 106 valence electrons. The SMILES string of the molecule is Cc1cc(CO)ccc1N(C)C(C)c1ccc(Cl)cc1. The third kappa shape index (κ3) is 3.14. The van der Waals surface area contributed by atoms with Crippen molar-refractivity contribution in [1.29, 1.82) is 0 Å². The molecular weight excluding hydrogens is 270 g/mol. The second-order valence-electron chi connectivity index (χ2n) is 5.12. The Kier molecular flexibility index (Phi) is 4.69. The summed E-state index contributed by atoms with van der Waals surface area (Å²) in [6.07, 6.45) is 0. The molecule has 0 aliphatic rings. The van der Waals surface area contributed by atoms with E-state index in [1.807, 2.05) is 24.3 Å². The molecule has 0 aromatic heterocycles. The van der Waals surface area contributed by atoms with Gasteiger partial charge in [-0.2, -0.15) is 0 Å². The predicted octanol–water partition coefficient (Wildman–Crippen LogP) is 4.34. The van der Waals surface area contributed by atoms with Crippen molar-refractivity contribution in [2.75, 3.05) is 11.9 Å². The molecule has 1 unspecified atom stereocenters. The van der Waals surface area contributed by atoms with Gasteiger partial charge in [-0.05, 0) is 48.7 Å². The summed E-state index contributed by atoms with van der Waals surface area (Å²) in [6, 6.07) is 14.3. The van der Waals surface area contributed by atoms with Crippen LogP contribution >= 0.6 is 11.6 Å². The highest BCUT2D eigenvalue weighted by atomic mass is 35.5. The lowest BCUT2D eigenvalue weighted by Crippen LogP contribution is -2.22. The van der Waals surface area contributed by atoms with Crippen molar-refractivity contribution in [2.45, 2.75) is 26.5 Å². The maximum Gasteiger partial charge on any atom is 0.0681 e. The fourth-order valence-corrected chi connectivity index (χ4v) is 2.51. The molecule has 0 aliphatic carbocycles. The van der Waals surface area contributed by atoms with Crippen LogP contribution in [-0.4, -0.2) is 12.2 Å². The third-order valence-corrected chi connectivity index (χ3v) is 4.01.